The molecule has 104 valence electrons. The lowest BCUT2D eigenvalue weighted by Crippen LogP contribution is -2.31. The van der Waals surface area contributed by atoms with E-state index in [1.165, 1.54) is 0 Å². The van der Waals surface area contributed by atoms with Gasteiger partial charge in [-0.2, -0.15) is 0 Å². The minimum atomic E-state index is -0.401. The number of hydrogen-bond acceptors (Lipinski definition) is 3. The maximum Gasteiger partial charge on any atom is 0.252 e. The molecule has 0 aliphatic rings. The van der Waals surface area contributed by atoms with Crippen LogP contribution in [0.1, 0.15) is 34.5 Å². The zero-order valence-electron chi connectivity index (χ0n) is 11.4. The lowest BCUT2D eigenvalue weighted by atomic mass is 10.0. The van der Waals surface area contributed by atoms with Crippen LogP contribution in [0.4, 0.5) is 0 Å². The maximum atomic E-state index is 12.3. The summed E-state index contributed by atoms with van der Waals surface area (Å²) in [4.78, 5) is 16.3. The molecule has 1 amide bonds. The van der Waals surface area contributed by atoms with E-state index in [9.17, 15) is 9.90 Å². The van der Waals surface area contributed by atoms with Gasteiger partial charge in [0, 0.05) is 18.0 Å². The average molecular weight is 270 g/mol. The number of nitrogens with one attached hydrogen (secondary N) is 1. The van der Waals surface area contributed by atoms with Gasteiger partial charge in [-0.3, -0.25) is 9.78 Å². The Morgan fingerprint density at radius 2 is 2.05 bits per heavy atom. The van der Waals surface area contributed by atoms with Crippen LogP contribution >= 0.6 is 0 Å². The van der Waals surface area contributed by atoms with Gasteiger partial charge in [0.15, 0.2) is 0 Å². The first kappa shape index (κ1) is 14.2. The van der Waals surface area contributed by atoms with E-state index in [4.69, 9.17) is 0 Å². The van der Waals surface area contributed by atoms with E-state index >= 15 is 0 Å². The molecule has 2 rings (SSSR count). The maximum absolute atomic E-state index is 12.3. The van der Waals surface area contributed by atoms with Gasteiger partial charge in [-0.15, -0.1) is 0 Å². The third-order valence-corrected chi connectivity index (χ3v) is 3.22. The van der Waals surface area contributed by atoms with Crippen LogP contribution in [0.25, 0.3) is 0 Å². The zero-order chi connectivity index (χ0) is 14.4. The summed E-state index contributed by atoms with van der Waals surface area (Å²) in [5.74, 6) is -0.188. The summed E-state index contributed by atoms with van der Waals surface area (Å²) in [5, 5.41) is 12.3. The Labute approximate surface area is 118 Å². The summed E-state index contributed by atoms with van der Waals surface area (Å²) < 4.78 is 0. The summed E-state index contributed by atoms with van der Waals surface area (Å²) in [5.41, 5.74) is 2.39. The van der Waals surface area contributed by atoms with Gasteiger partial charge < -0.3 is 10.4 Å². The van der Waals surface area contributed by atoms with Crippen molar-refractivity contribution < 1.29 is 9.90 Å². The van der Waals surface area contributed by atoms with E-state index in [-0.39, 0.29) is 12.5 Å². The number of carbonyl (C=O) groups is 1. The molecule has 1 aromatic heterocycles. The van der Waals surface area contributed by atoms with E-state index in [1.54, 1.807) is 18.5 Å². The standard InChI is InChI=1S/C16H18N2O2/c1-2-12-10-17-9-8-14(12)16(20)18-15(11-19)13-6-4-3-5-7-13/h3-10,15,19H,2,11H2,1H3,(H,18,20)/t15-/m1/s1. The first-order chi connectivity index (χ1) is 9.76. The Balaban J connectivity index is 2.18. The molecule has 2 N–H and O–H groups in total. The largest absolute Gasteiger partial charge is 0.394 e. The molecule has 1 aromatic carbocycles. The van der Waals surface area contributed by atoms with E-state index in [0.29, 0.717) is 5.56 Å². The minimum Gasteiger partial charge on any atom is -0.394 e. The lowest BCUT2D eigenvalue weighted by molar-refractivity contribution is 0.0915. The van der Waals surface area contributed by atoms with E-state index in [2.05, 4.69) is 10.3 Å². The fraction of sp³-hybridized carbons (Fsp3) is 0.250. The van der Waals surface area contributed by atoms with Crippen LogP contribution in [-0.4, -0.2) is 22.6 Å². The molecular weight excluding hydrogens is 252 g/mol. The first-order valence-corrected chi connectivity index (χ1v) is 6.65. The molecule has 0 saturated carbocycles. The number of nitrogens with zero attached hydrogens (tertiary/aromatic N) is 1. The highest BCUT2D eigenvalue weighted by Gasteiger charge is 2.16. The molecule has 0 unspecified atom stereocenters. The highest BCUT2D eigenvalue weighted by Crippen LogP contribution is 2.14. The number of aromatic nitrogens is 1. The van der Waals surface area contributed by atoms with Gasteiger partial charge in [-0.05, 0) is 23.6 Å². The summed E-state index contributed by atoms with van der Waals surface area (Å²) in [6.45, 7) is 1.84. The van der Waals surface area contributed by atoms with Crippen LogP contribution in [0.5, 0.6) is 0 Å². The number of carbonyl (C=O) groups excluding carboxylic acids is 1. The number of rotatable bonds is 5. The molecule has 4 nitrogen and oxygen atoms in total. The van der Waals surface area contributed by atoms with Crippen molar-refractivity contribution in [2.75, 3.05) is 6.61 Å². The van der Waals surface area contributed by atoms with Crippen molar-refractivity contribution in [1.29, 1.82) is 0 Å². The molecule has 2 aromatic rings. The molecule has 1 atom stereocenters. The van der Waals surface area contributed by atoms with Crippen molar-refractivity contribution in [2.24, 2.45) is 0 Å². The van der Waals surface area contributed by atoms with Gasteiger partial charge in [0.1, 0.15) is 0 Å². The van der Waals surface area contributed by atoms with Crippen LogP contribution in [0.3, 0.4) is 0 Å². The summed E-state index contributed by atoms with van der Waals surface area (Å²) in [7, 11) is 0. The van der Waals surface area contributed by atoms with Crippen LogP contribution in [-0.2, 0) is 6.42 Å². The zero-order valence-corrected chi connectivity index (χ0v) is 11.4. The molecule has 0 aliphatic carbocycles. The van der Waals surface area contributed by atoms with E-state index < -0.39 is 6.04 Å². The molecule has 0 fully saturated rings. The molecule has 0 aliphatic heterocycles. The second-order valence-electron chi connectivity index (χ2n) is 4.51. The summed E-state index contributed by atoms with van der Waals surface area (Å²) in [6.07, 6.45) is 4.04. The van der Waals surface area contributed by atoms with Crippen LogP contribution in [0, 0.1) is 0 Å². The average Bonchev–Trinajstić information content (AvgIpc) is 2.53. The van der Waals surface area contributed by atoms with Gasteiger partial charge in [-0.25, -0.2) is 0 Å². The monoisotopic (exact) mass is 270 g/mol. The Kier molecular flexibility index (Phi) is 4.85. The number of amides is 1. The molecule has 0 saturated heterocycles. The van der Waals surface area contributed by atoms with Crippen molar-refractivity contribution in [3.05, 3.63) is 65.5 Å². The molecule has 4 heteroatoms. The summed E-state index contributed by atoms with van der Waals surface area (Å²) in [6, 6.07) is 10.7. The number of aliphatic hydroxyl groups excluding tert-OH is 1. The van der Waals surface area contributed by atoms with Crippen molar-refractivity contribution >= 4 is 5.91 Å². The fourth-order valence-electron chi connectivity index (χ4n) is 2.09. The van der Waals surface area contributed by atoms with Crippen LogP contribution in [0.2, 0.25) is 0 Å². The SMILES string of the molecule is CCc1cnccc1C(=O)N[C@H](CO)c1ccccc1. The summed E-state index contributed by atoms with van der Waals surface area (Å²) >= 11 is 0. The molecule has 0 bridgehead atoms. The van der Waals surface area contributed by atoms with Crippen molar-refractivity contribution in [3.63, 3.8) is 0 Å². The third-order valence-electron chi connectivity index (χ3n) is 3.22. The molecular formula is C16H18N2O2. The van der Waals surface area contributed by atoms with Crippen LogP contribution in [0.15, 0.2) is 48.8 Å². The second-order valence-corrected chi connectivity index (χ2v) is 4.51. The number of hydrogen-bond donors (Lipinski definition) is 2. The quantitative estimate of drug-likeness (QED) is 0.874. The minimum absolute atomic E-state index is 0.137. The molecule has 1 heterocycles. The van der Waals surface area contributed by atoms with Gasteiger partial charge in [0.25, 0.3) is 5.91 Å². The van der Waals surface area contributed by atoms with Gasteiger partial charge in [0.05, 0.1) is 12.6 Å². The number of aryl methyl sites for hydroxylation is 1. The molecule has 0 radical (unpaired) electrons. The topological polar surface area (TPSA) is 62.2 Å². The van der Waals surface area contributed by atoms with E-state index in [0.717, 1.165) is 17.5 Å². The van der Waals surface area contributed by atoms with E-state index in [1.807, 2.05) is 37.3 Å². The predicted molar refractivity (Wildman–Crippen MR) is 77.4 cm³/mol. The van der Waals surface area contributed by atoms with Crippen LogP contribution < -0.4 is 5.32 Å². The fourth-order valence-corrected chi connectivity index (χ4v) is 2.09. The smallest absolute Gasteiger partial charge is 0.252 e. The highest BCUT2D eigenvalue weighted by molar-refractivity contribution is 5.95. The molecule has 0 spiro atoms. The lowest BCUT2D eigenvalue weighted by Gasteiger charge is -2.17. The van der Waals surface area contributed by atoms with Crippen molar-refractivity contribution in [2.45, 2.75) is 19.4 Å². The van der Waals surface area contributed by atoms with Gasteiger partial charge in [-0.1, -0.05) is 37.3 Å². The van der Waals surface area contributed by atoms with Crippen molar-refractivity contribution in [3.8, 4) is 0 Å². The van der Waals surface area contributed by atoms with Gasteiger partial charge in [0.2, 0.25) is 0 Å². The van der Waals surface area contributed by atoms with Crippen molar-refractivity contribution in [1.82, 2.24) is 10.3 Å². The predicted octanol–water partition coefficient (Wildman–Crippen LogP) is 2.11. The first-order valence-electron chi connectivity index (χ1n) is 6.65. The Morgan fingerprint density at radius 1 is 1.30 bits per heavy atom. The third kappa shape index (κ3) is 3.22. The number of pyridine rings is 1. The second kappa shape index (κ2) is 6.82. The number of aliphatic hydroxyl groups is 1. The Hall–Kier alpha value is -2.20. The van der Waals surface area contributed by atoms with Gasteiger partial charge >= 0.3 is 0 Å². The Morgan fingerprint density at radius 3 is 2.70 bits per heavy atom. The molecule has 20 heavy (non-hydrogen) atoms. The normalized spacial score (nSPS) is 11.9. The highest BCUT2D eigenvalue weighted by atomic mass is 16.3. The number of benzene rings is 1. The Bertz CT molecular complexity index is 570.